The molecule has 6 nitrogen and oxygen atoms in total. The molecule has 3 amide bonds. The van der Waals surface area contributed by atoms with E-state index in [0.717, 1.165) is 19.3 Å². The Hall–Kier alpha value is -1.11. The van der Waals surface area contributed by atoms with Crippen LogP contribution in [0.5, 0.6) is 0 Å². The number of nitrogens with zero attached hydrogens (tertiary/aromatic N) is 2. The maximum Gasteiger partial charge on any atom is 0.417 e. The number of alkyl halides is 1. The van der Waals surface area contributed by atoms with E-state index in [1.165, 1.54) is 11.8 Å². The molecule has 124 valence electrons. The van der Waals surface area contributed by atoms with Gasteiger partial charge in [0.15, 0.2) is 0 Å². The van der Waals surface area contributed by atoms with Crippen LogP contribution in [-0.4, -0.2) is 56.8 Å². The van der Waals surface area contributed by atoms with Gasteiger partial charge in [-0.1, -0.05) is 15.9 Å². The van der Waals surface area contributed by atoms with Gasteiger partial charge in [-0.05, 0) is 40.0 Å². The summed E-state index contributed by atoms with van der Waals surface area (Å²) in [6, 6.07) is -0.335. The second-order valence-electron chi connectivity index (χ2n) is 6.90. The minimum atomic E-state index is -0.667. The summed E-state index contributed by atoms with van der Waals surface area (Å²) in [5.41, 5.74) is -0.667. The van der Waals surface area contributed by atoms with Crippen molar-refractivity contribution in [3.63, 3.8) is 0 Å². The molecule has 0 aromatic rings. The van der Waals surface area contributed by atoms with Gasteiger partial charge in [-0.25, -0.2) is 9.69 Å². The van der Waals surface area contributed by atoms with E-state index in [4.69, 9.17) is 4.74 Å². The van der Waals surface area contributed by atoms with Gasteiger partial charge >= 0.3 is 6.09 Å². The normalized spacial score (nSPS) is 29.1. The van der Waals surface area contributed by atoms with E-state index in [9.17, 15) is 14.4 Å². The number of carbonyl (C=O) groups excluding carboxylic acids is 3. The average molecular weight is 375 g/mol. The number of ether oxygens (including phenoxy) is 1. The predicted molar refractivity (Wildman–Crippen MR) is 84.6 cm³/mol. The van der Waals surface area contributed by atoms with Crippen molar-refractivity contribution in [1.29, 1.82) is 0 Å². The minimum Gasteiger partial charge on any atom is -0.443 e. The lowest BCUT2D eigenvalue weighted by molar-refractivity contribution is -0.138. The van der Waals surface area contributed by atoms with Gasteiger partial charge in [-0.3, -0.25) is 9.59 Å². The molecule has 1 aliphatic heterocycles. The zero-order valence-corrected chi connectivity index (χ0v) is 15.1. The van der Waals surface area contributed by atoms with Crippen LogP contribution in [0.3, 0.4) is 0 Å². The molecule has 7 heteroatoms. The largest absolute Gasteiger partial charge is 0.443 e. The van der Waals surface area contributed by atoms with Gasteiger partial charge in [-0.15, -0.1) is 0 Å². The molecule has 0 radical (unpaired) electrons. The fourth-order valence-corrected chi connectivity index (χ4v) is 4.18. The highest BCUT2D eigenvalue weighted by molar-refractivity contribution is 9.09. The molecular formula is C15H23BrN2O4. The molecule has 1 heterocycles. The van der Waals surface area contributed by atoms with Crippen LogP contribution in [-0.2, 0) is 14.3 Å². The number of fused-ring (bicyclic) bond motifs is 2. The summed E-state index contributed by atoms with van der Waals surface area (Å²) in [6.07, 6.45) is 1.80. The molecule has 2 fully saturated rings. The summed E-state index contributed by atoms with van der Waals surface area (Å²) in [7, 11) is 0. The number of imide groups is 1. The third kappa shape index (κ3) is 3.45. The predicted octanol–water partition coefficient (Wildman–Crippen LogP) is 2.30. The van der Waals surface area contributed by atoms with Crippen LogP contribution in [0.2, 0.25) is 0 Å². The summed E-state index contributed by atoms with van der Waals surface area (Å²) < 4.78 is 5.38. The van der Waals surface area contributed by atoms with Crippen molar-refractivity contribution < 1.29 is 19.1 Å². The Labute approximate surface area is 139 Å². The first-order valence-corrected chi connectivity index (χ1v) is 8.49. The lowest BCUT2D eigenvalue weighted by Crippen LogP contribution is -2.53. The van der Waals surface area contributed by atoms with E-state index in [1.807, 2.05) is 0 Å². The topological polar surface area (TPSA) is 66.9 Å². The Morgan fingerprint density at radius 2 is 1.82 bits per heavy atom. The van der Waals surface area contributed by atoms with Crippen molar-refractivity contribution in [3.8, 4) is 0 Å². The summed E-state index contributed by atoms with van der Waals surface area (Å²) in [5, 5.41) is 0. The smallest absolute Gasteiger partial charge is 0.417 e. The molecule has 2 bridgehead atoms. The van der Waals surface area contributed by atoms with Crippen molar-refractivity contribution in [2.24, 2.45) is 0 Å². The fourth-order valence-electron chi connectivity index (χ4n) is 3.13. The molecule has 0 aromatic heterocycles. The zero-order valence-electron chi connectivity index (χ0n) is 13.5. The monoisotopic (exact) mass is 374 g/mol. The average Bonchev–Trinajstić information content (AvgIpc) is 2.42. The van der Waals surface area contributed by atoms with E-state index >= 15 is 0 Å². The lowest BCUT2D eigenvalue weighted by Gasteiger charge is -2.39. The van der Waals surface area contributed by atoms with Crippen LogP contribution in [0.25, 0.3) is 0 Å². The van der Waals surface area contributed by atoms with Gasteiger partial charge in [0, 0.05) is 13.0 Å². The lowest BCUT2D eigenvalue weighted by atomic mass is 9.90. The maximum absolute atomic E-state index is 12.6. The fraction of sp³-hybridized carbons (Fsp3) is 0.800. The van der Waals surface area contributed by atoms with Crippen LogP contribution in [0.15, 0.2) is 0 Å². The number of amides is 3. The van der Waals surface area contributed by atoms with E-state index < -0.39 is 11.7 Å². The summed E-state index contributed by atoms with van der Waals surface area (Å²) >= 11 is 3.61. The van der Waals surface area contributed by atoms with Crippen molar-refractivity contribution >= 4 is 33.8 Å². The van der Waals surface area contributed by atoms with Gasteiger partial charge in [-0.2, -0.15) is 0 Å². The Morgan fingerprint density at radius 3 is 2.36 bits per heavy atom. The first-order chi connectivity index (χ1) is 10.1. The minimum absolute atomic E-state index is 0.0624. The van der Waals surface area contributed by atoms with Crippen LogP contribution in [0, 0.1) is 0 Å². The van der Waals surface area contributed by atoms with E-state index in [1.54, 1.807) is 25.7 Å². The van der Waals surface area contributed by atoms with Gasteiger partial charge < -0.3 is 9.64 Å². The number of carbonyl (C=O) groups is 3. The van der Waals surface area contributed by atoms with Crippen molar-refractivity contribution in [3.05, 3.63) is 0 Å². The first-order valence-electron chi connectivity index (χ1n) is 7.58. The van der Waals surface area contributed by atoms with Crippen molar-refractivity contribution in [2.75, 3.05) is 6.54 Å². The Bertz CT molecular complexity index is 488. The second kappa shape index (κ2) is 6.18. The van der Waals surface area contributed by atoms with Gasteiger partial charge in [0.05, 0.1) is 10.9 Å². The first kappa shape index (κ1) is 17.2. The summed E-state index contributed by atoms with van der Waals surface area (Å²) in [6.45, 7) is 6.69. The van der Waals surface area contributed by atoms with Crippen LogP contribution in [0.4, 0.5) is 4.79 Å². The highest BCUT2D eigenvalue weighted by Gasteiger charge is 2.47. The molecule has 1 saturated heterocycles. The van der Waals surface area contributed by atoms with Crippen LogP contribution in [0.1, 0.15) is 47.0 Å². The molecule has 22 heavy (non-hydrogen) atoms. The quantitative estimate of drug-likeness (QED) is 0.610. The molecule has 3 atom stereocenters. The standard InChI is InChI=1S/C15H23BrN2O4/c1-9(19)17-8-12(20)18(14(21)22-15(2,3)4)11-7-5-6-10(17)13(11)16/h10-11,13H,5-8H2,1-4H3/t10-,11+,13-/m0/s1. The molecule has 2 rings (SSSR count). The number of hydrogen-bond donors (Lipinski definition) is 0. The third-order valence-electron chi connectivity index (χ3n) is 4.04. The Kier molecular flexibility index (Phi) is 4.84. The number of hydrogen-bond acceptors (Lipinski definition) is 4. The molecule has 0 unspecified atom stereocenters. The molecule has 0 spiro atoms. The second-order valence-corrected chi connectivity index (χ2v) is 7.96. The van der Waals surface area contributed by atoms with Crippen LogP contribution >= 0.6 is 15.9 Å². The maximum atomic E-state index is 12.6. The Morgan fingerprint density at radius 1 is 1.23 bits per heavy atom. The molecule has 0 N–H and O–H groups in total. The molecule has 1 aliphatic carbocycles. The van der Waals surface area contributed by atoms with Gasteiger partial charge in [0.1, 0.15) is 12.1 Å². The van der Waals surface area contributed by atoms with E-state index in [-0.39, 0.29) is 35.3 Å². The Balaban J connectivity index is 2.32. The van der Waals surface area contributed by atoms with Gasteiger partial charge in [0.2, 0.25) is 5.91 Å². The third-order valence-corrected chi connectivity index (χ3v) is 5.26. The van der Waals surface area contributed by atoms with Crippen molar-refractivity contribution in [1.82, 2.24) is 9.80 Å². The van der Waals surface area contributed by atoms with Crippen LogP contribution < -0.4 is 0 Å². The SMILES string of the molecule is CC(=O)N1CC(=O)N(C(=O)OC(C)(C)C)[C@@H]2CCC[C@H]1[C@@H]2Br. The highest BCUT2D eigenvalue weighted by Crippen LogP contribution is 2.35. The molecule has 0 aromatic carbocycles. The molecule has 1 saturated carbocycles. The van der Waals surface area contributed by atoms with Gasteiger partial charge in [0.25, 0.3) is 5.91 Å². The number of rotatable bonds is 0. The summed E-state index contributed by atoms with van der Waals surface area (Å²) in [4.78, 5) is 39.5. The molecule has 2 aliphatic rings. The van der Waals surface area contributed by atoms with E-state index in [2.05, 4.69) is 15.9 Å². The van der Waals surface area contributed by atoms with E-state index in [0.29, 0.717) is 0 Å². The highest BCUT2D eigenvalue weighted by atomic mass is 79.9. The summed E-state index contributed by atoms with van der Waals surface area (Å²) in [5.74, 6) is -0.516. The molecular weight excluding hydrogens is 352 g/mol. The van der Waals surface area contributed by atoms with Crippen molar-refractivity contribution in [2.45, 2.75) is 69.5 Å². The number of halogens is 1. The zero-order chi connectivity index (χ0) is 16.7.